The summed E-state index contributed by atoms with van der Waals surface area (Å²) >= 11 is 0. The first-order chi connectivity index (χ1) is 15.6. The second kappa shape index (κ2) is 8.15. The van der Waals surface area contributed by atoms with Gasteiger partial charge in [0.25, 0.3) is 11.9 Å². The third-order valence-corrected chi connectivity index (χ3v) is 5.48. The van der Waals surface area contributed by atoms with E-state index in [0.29, 0.717) is 11.5 Å². The number of aromatic nitrogens is 3. The molecule has 0 saturated carbocycles. The number of nitrogens with zero attached hydrogens (tertiary/aromatic N) is 3. The molecule has 3 aromatic carbocycles. The summed E-state index contributed by atoms with van der Waals surface area (Å²) in [4.78, 5) is 17.3. The molecule has 6 nitrogen and oxygen atoms in total. The predicted molar refractivity (Wildman–Crippen MR) is 127 cm³/mol. The molecule has 1 aliphatic heterocycles. The lowest BCUT2D eigenvalue weighted by Crippen LogP contribution is -2.20. The molecule has 0 fully saturated rings. The average Bonchev–Trinajstić information content (AvgIpc) is 3.21. The number of allylic oxidation sites excluding steroid dienone is 1. The highest BCUT2D eigenvalue weighted by atomic mass is 16.1. The van der Waals surface area contributed by atoms with E-state index in [-0.39, 0.29) is 17.9 Å². The van der Waals surface area contributed by atoms with Crippen LogP contribution < -0.4 is 10.6 Å². The second-order valence-electron chi connectivity index (χ2n) is 7.95. The minimum absolute atomic E-state index is 0.152. The van der Waals surface area contributed by atoms with E-state index in [2.05, 4.69) is 70.1 Å². The zero-order chi connectivity index (χ0) is 22.1. The summed E-state index contributed by atoms with van der Waals surface area (Å²) in [6.45, 7) is 4.02. The van der Waals surface area contributed by atoms with Crippen molar-refractivity contribution in [3.63, 3.8) is 0 Å². The zero-order valence-electron chi connectivity index (χ0n) is 17.9. The van der Waals surface area contributed by atoms with Gasteiger partial charge in [-0.1, -0.05) is 77.9 Å². The Morgan fingerprint density at radius 1 is 0.938 bits per heavy atom. The van der Waals surface area contributed by atoms with E-state index in [1.54, 1.807) is 10.7 Å². The number of amides is 1. The number of anilines is 2. The molecular weight excluding hydrogens is 398 g/mol. The Kier molecular flexibility index (Phi) is 5.03. The fourth-order valence-corrected chi connectivity index (χ4v) is 3.80. The summed E-state index contributed by atoms with van der Waals surface area (Å²) in [6.07, 6.45) is 2.13. The van der Waals surface area contributed by atoms with Gasteiger partial charge in [0.1, 0.15) is 6.04 Å². The van der Waals surface area contributed by atoms with Gasteiger partial charge in [-0.05, 0) is 43.2 Å². The Bertz CT molecular complexity index is 1310. The molecule has 0 radical (unpaired) electrons. The molecule has 1 aromatic heterocycles. The SMILES string of the molecule is Cc1ccc(C2=C[C@@H](c3ccccc3)n3nc(NC(=O)c4cccc(C)c4)nc3N2)cc1. The molecule has 1 aliphatic rings. The minimum Gasteiger partial charge on any atom is -0.324 e. The Morgan fingerprint density at radius 3 is 2.47 bits per heavy atom. The first-order valence-corrected chi connectivity index (χ1v) is 10.5. The Hall–Kier alpha value is -4.19. The summed E-state index contributed by atoms with van der Waals surface area (Å²) in [5.41, 5.74) is 5.90. The number of nitrogens with one attached hydrogen (secondary N) is 2. The number of carbonyl (C=O) groups is 1. The molecule has 6 heteroatoms. The van der Waals surface area contributed by atoms with Gasteiger partial charge < -0.3 is 5.32 Å². The van der Waals surface area contributed by atoms with Crippen LogP contribution in [0.5, 0.6) is 0 Å². The Labute approximate surface area is 186 Å². The van der Waals surface area contributed by atoms with Gasteiger partial charge in [0.05, 0.1) is 0 Å². The summed E-state index contributed by atoms with van der Waals surface area (Å²) < 4.78 is 1.80. The van der Waals surface area contributed by atoms with Gasteiger partial charge in [0.15, 0.2) is 0 Å². The molecule has 1 amide bonds. The summed E-state index contributed by atoms with van der Waals surface area (Å²) in [5.74, 6) is 0.606. The smallest absolute Gasteiger partial charge is 0.258 e. The first-order valence-electron chi connectivity index (χ1n) is 10.5. The number of aryl methyl sites for hydroxylation is 2. The van der Waals surface area contributed by atoms with E-state index in [4.69, 9.17) is 0 Å². The maximum absolute atomic E-state index is 12.7. The van der Waals surface area contributed by atoms with Crippen LogP contribution in [0.2, 0.25) is 0 Å². The molecule has 2 N–H and O–H groups in total. The van der Waals surface area contributed by atoms with Gasteiger partial charge in [-0.3, -0.25) is 10.1 Å². The monoisotopic (exact) mass is 421 g/mol. The van der Waals surface area contributed by atoms with Crippen LogP contribution in [0.15, 0.2) is 84.9 Å². The quantitative estimate of drug-likeness (QED) is 0.475. The van der Waals surface area contributed by atoms with E-state index in [1.807, 2.05) is 43.3 Å². The van der Waals surface area contributed by atoms with Crippen LogP contribution in [0.1, 0.15) is 38.7 Å². The van der Waals surface area contributed by atoms with Crippen molar-refractivity contribution in [1.29, 1.82) is 0 Å². The number of fused-ring (bicyclic) bond motifs is 1. The summed E-state index contributed by atoms with van der Waals surface area (Å²) in [7, 11) is 0. The Balaban J connectivity index is 1.50. The minimum atomic E-state index is -0.236. The topological polar surface area (TPSA) is 71.8 Å². The molecular formula is C26H23N5O. The average molecular weight is 422 g/mol. The molecule has 4 aromatic rings. The van der Waals surface area contributed by atoms with E-state index in [1.165, 1.54) is 5.56 Å². The lowest BCUT2D eigenvalue weighted by Gasteiger charge is -2.24. The van der Waals surface area contributed by atoms with Gasteiger partial charge in [-0.25, -0.2) is 4.68 Å². The van der Waals surface area contributed by atoms with Crippen molar-refractivity contribution < 1.29 is 4.79 Å². The second-order valence-corrected chi connectivity index (χ2v) is 7.95. The lowest BCUT2D eigenvalue weighted by molar-refractivity contribution is 0.102. The van der Waals surface area contributed by atoms with Crippen molar-refractivity contribution in [3.8, 4) is 0 Å². The van der Waals surface area contributed by atoms with Crippen LogP contribution in [-0.4, -0.2) is 20.7 Å². The van der Waals surface area contributed by atoms with Crippen molar-refractivity contribution in [2.75, 3.05) is 10.6 Å². The van der Waals surface area contributed by atoms with Gasteiger partial charge in [0, 0.05) is 11.3 Å². The molecule has 0 unspecified atom stereocenters. The van der Waals surface area contributed by atoms with Crippen molar-refractivity contribution in [3.05, 3.63) is 113 Å². The molecule has 158 valence electrons. The van der Waals surface area contributed by atoms with E-state index in [9.17, 15) is 4.79 Å². The van der Waals surface area contributed by atoms with Gasteiger partial charge >= 0.3 is 0 Å². The first kappa shape index (κ1) is 19.8. The van der Waals surface area contributed by atoms with E-state index in [0.717, 1.165) is 22.4 Å². The van der Waals surface area contributed by atoms with Crippen LogP contribution in [0.25, 0.3) is 5.70 Å². The molecule has 0 saturated heterocycles. The van der Waals surface area contributed by atoms with Gasteiger partial charge in [-0.15, -0.1) is 5.10 Å². The third-order valence-electron chi connectivity index (χ3n) is 5.48. The number of hydrogen-bond donors (Lipinski definition) is 2. The lowest BCUT2D eigenvalue weighted by atomic mass is 10.0. The molecule has 5 rings (SSSR count). The highest BCUT2D eigenvalue weighted by Crippen LogP contribution is 2.33. The van der Waals surface area contributed by atoms with Gasteiger partial charge in [-0.2, -0.15) is 4.98 Å². The van der Waals surface area contributed by atoms with E-state index >= 15 is 0 Å². The fourth-order valence-electron chi connectivity index (χ4n) is 3.80. The molecule has 32 heavy (non-hydrogen) atoms. The molecule has 0 spiro atoms. The molecule has 2 heterocycles. The predicted octanol–water partition coefficient (Wildman–Crippen LogP) is 5.20. The van der Waals surface area contributed by atoms with E-state index < -0.39 is 0 Å². The normalized spacial score (nSPS) is 14.8. The van der Waals surface area contributed by atoms with Crippen molar-refractivity contribution in [2.45, 2.75) is 19.9 Å². The van der Waals surface area contributed by atoms with Crippen LogP contribution in [0.4, 0.5) is 11.9 Å². The molecule has 0 aliphatic carbocycles. The zero-order valence-corrected chi connectivity index (χ0v) is 17.9. The number of benzene rings is 3. The number of hydrogen-bond acceptors (Lipinski definition) is 4. The van der Waals surface area contributed by atoms with Crippen LogP contribution in [0.3, 0.4) is 0 Å². The molecule has 0 bridgehead atoms. The maximum atomic E-state index is 12.7. The van der Waals surface area contributed by atoms with Gasteiger partial charge in [0.2, 0.25) is 5.95 Å². The van der Waals surface area contributed by atoms with Crippen LogP contribution >= 0.6 is 0 Å². The summed E-state index contributed by atoms with van der Waals surface area (Å²) in [5, 5.41) is 10.8. The number of carbonyl (C=O) groups excluding carboxylic acids is 1. The van der Waals surface area contributed by atoms with Crippen molar-refractivity contribution >= 4 is 23.5 Å². The highest BCUT2D eigenvalue weighted by molar-refractivity contribution is 6.03. The van der Waals surface area contributed by atoms with Crippen LogP contribution in [-0.2, 0) is 0 Å². The van der Waals surface area contributed by atoms with Crippen molar-refractivity contribution in [1.82, 2.24) is 14.8 Å². The van der Waals surface area contributed by atoms with Crippen LogP contribution in [0, 0.1) is 13.8 Å². The largest absolute Gasteiger partial charge is 0.324 e. The summed E-state index contributed by atoms with van der Waals surface area (Å²) in [6, 6.07) is 25.8. The van der Waals surface area contributed by atoms with Crippen molar-refractivity contribution in [2.24, 2.45) is 0 Å². The molecule has 1 atom stereocenters. The maximum Gasteiger partial charge on any atom is 0.258 e. The Morgan fingerprint density at radius 2 is 1.72 bits per heavy atom. The standard InChI is InChI=1S/C26H23N5O/c1-17-11-13-19(14-12-17)22-16-23(20-8-4-3-5-9-20)31-26(27-22)29-25(30-31)28-24(32)21-10-6-7-18(2)15-21/h3-16,23H,1-2H3,(H2,27,28,29,30,32)/t23-/m0/s1. The third kappa shape index (κ3) is 3.90. The number of rotatable bonds is 4. The highest BCUT2D eigenvalue weighted by Gasteiger charge is 2.25. The fraction of sp³-hybridized carbons (Fsp3) is 0.115.